The number of nitrogens with zero attached hydrogens (tertiary/aromatic N) is 2. The first kappa shape index (κ1) is 21.4. The molecule has 0 bridgehead atoms. The highest BCUT2D eigenvalue weighted by atomic mass is 32.2. The maximum Gasteiger partial charge on any atom is 0.328 e. The van der Waals surface area contributed by atoms with Crippen LogP contribution in [0.3, 0.4) is 0 Å². The summed E-state index contributed by atoms with van der Waals surface area (Å²) >= 11 is 0.860. The SMILES string of the molecule is COC(=O)C(C)N1C(=O)S/C(=C/c2cc3c(cc2C)N(C)C(C)(C)CC3C)C1=O. The predicted molar refractivity (Wildman–Crippen MR) is 116 cm³/mol. The summed E-state index contributed by atoms with van der Waals surface area (Å²) in [6.07, 6.45) is 2.79. The Morgan fingerprint density at radius 1 is 1.34 bits per heavy atom. The van der Waals surface area contributed by atoms with Crippen LogP contribution >= 0.6 is 11.8 Å². The maximum atomic E-state index is 12.8. The van der Waals surface area contributed by atoms with Crippen molar-refractivity contribution in [3.63, 3.8) is 0 Å². The third-order valence-electron chi connectivity index (χ3n) is 6.06. The first-order valence-corrected chi connectivity index (χ1v) is 10.5. The number of rotatable bonds is 3. The number of hydrogen-bond acceptors (Lipinski definition) is 6. The number of ether oxygens (including phenoxy) is 1. The second kappa shape index (κ2) is 7.52. The van der Waals surface area contributed by atoms with Crippen molar-refractivity contribution in [2.45, 2.75) is 58.5 Å². The number of amides is 2. The zero-order valence-corrected chi connectivity index (χ0v) is 18.8. The molecule has 1 aromatic rings. The largest absolute Gasteiger partial charge is 0.467 e. The van der Waals surface area contributed by atoms with Crippen molar-refractivity contribution in [3.8, 4) is 0 Å². The van der Waals surface area contributed by atoms with Gasteiger partial charge in [-0.1, -0.05) is 6.92 Å². The minimum absolute atomic E-state index is 0.0764. The summed E-state index contributed by atoms with van der Waals surface area (Å²) in [5.74, 6) is -0.683. The average molecular weight is 417 g/mol. The fourth-order valence-electron chi connectivity index (χ4n) is 4.12. The Balaban J connectivity index is 1.98. The molecule has 0 radical (unpaired) electrons. The van der Waals surface area contributed by atoms with E-state index in [2.05, 4.69) is 49.6 Å². The van der Waals surface area contributed by atoms with Gasteiger partial charge < -0.3 is 9.64 Å². The van der Waals surface area contributed by atoms with Gasteiger partial charge in [0.05, 0.1) is 12.0 Å². The van der Waals surface area contributed by atoms with E-state index in [1.54, 1.807) is 6.08 Å². The van der Waals surface area contributed by atoms with E-state index in [-0.39, 0.29) is 5.54 Å². The number of imide groups is 1. The molecule has 0 N–H and O–H groups in total. The summed E-state index contributed by atoms with van der Waals surface area (Å²) in [6.45, 7) is 10.2. The molecule has 2 heterocycles. The molecule has 156 valence electrons. The van der Waals surface area contributed by atoms with Crippen molar-refractivity contribution in [1.29, 1.82) is 0 Å². The Hall–Kier alpha value is -2.28. The highest BCUT2D eigenvalue weighted by Crippen LogP contribution is 2.44. The summed E-state index contributed by atoms with van der Waals surface area (Å²) in [5.41, 5.74) is 4.47. The molecule has 2 atom stereocenters. The van der Waals surface area contributed by atoms with Crippen LogP contribution in [0.1, 0.15) is 56.7 Å². The van der Waals surface area contributed by atoms with Crippen LogP contribution in [0.15, 0.2) is 17.0 Å². The Morgan fingerprint density at radius 3 is 2.62 bits per heavy atom. The molecule has 2 aliphatic rings. The Morgan fingerprint density at radius 2 is 2.00 bits per heavy atom. The predicted octanol–water partition coefficient (Wildman–Crippen LogP) is 4.31. The molecule has 0 spiro atoms. The molecule has 2 unspecified atom stereocenters. The van der Waals surface area contributed by atoms with E-state index in [1.165, 1.54) is 25.3 Å². The van der Waals surface area contributed by atoms with Gasteiger partial charge in [0.2, 0.25) is 0 Å². The standard InChI is InChI=1S/C22H28N2O4S/c1-12-8-17-16(13(2)11-22(4,5)23(17)6)9-15(12)10-18-19(25)24(21(27)29-18)14(3)20(26)28-7/h8-10,13-14H,11H2,1-7H3/b18-10+. The van der Waals surface area contributed by atoms with Crippen molar-refractivity contribution >= 4 is 40.6 Å². The summed E-state index contributed by atoms with van der Waals surface area (Å²) in [7, 11) is 3.35. The van der Waals surface area contributed by atoms with Gasteiger partial charge in [0.15, 0.2) is 0 Å². The second-order valence-corrected chi connectivity index (χ2v) is 9.49. The maximum absolute atomic E-state index is 12.8. The molecular formula is C22H28N2O4S. The van der Waals surface area contributed by atoms with Crippen LogP contribution < -0.4 is 4.90 Å². The minimum Gasteiger partial charge on any atom is -0.467 e. The Bertz CT molecular complexity index is 922. The molecule has 2 aliphatic heterocycles. The quantitative estimate of drug-likeness (QED) is 0.540. The number of anilines is 1. The first-order chi connectivity index (χ1) is 13.5. The lowest BCUT2D eigenvalue weighted by Gasteiger charge is -2.45. The van der Waals surface area contributed by atoms with Gasteiger partial charge in [0, 0.05) is 18.3 Å². The number of thioether (sulfide) groups is 1. The number of benzene rings is 1. The third-order valence-corrected chi connectivity index (χ3v) is 6.94. The molecule has 3 rings (SSSR count). The van der Waals surface area contributed by atoms with Crippen molar-refractivity contribution < 1.29 is 19.1 Å². The smallest absolute Gasteiger partial charge is 0.328 e. The van der Waals surface area contributed by atoms with Gasteiger partial charge in [-0.3, -0.25) is 14.5 Å². The molecule has 1 saturated heterocycles. The van der Waals surface area contributed by atoms with E-state index < -0.39 is 23.2 Å². The van der Waals surface area contributed by atoms with E-state index in [9.17, 15) is 14.4 Å². The van der Waals surface area contributed by atoms with E-state index in [4.69, 9.17) is 0 Å². The van der Waals surface area contributed by atoms with Crippen molar-refractivity contribution in [3.05, 3.63) is 33.7 Å². The Labute approximate surface area is 176 Å². The number of methoxy groups -OCH3 is 1. The molecule has 7 heteroatoms. The molecule has 6 nitrogen and oxygen atoms in total. The zero-order valence-electron chi connectivity index (χ0n) is 18.0. The van der Waals surface area contributed by atoms with Crippen molar-refractivity contribution in [1.82, 2.24) is 4.90 Å². The number of fused-ring (bicyclic) bond motifs is 1. The van der Waals surface area contributed by atoms with Gasteiger partial charge in [-0.05, 0) is 86.7 Å². The number of aryl methyl sites for hydroxylation is 1. The van der Waals surface area contributed by atoms with E-state index >= 15 is 0 Å². The lowest BCUT2D eigenvalue weighted by Crippen LogP contribution is -2.45. The molecule has 29 heavy (non-hydrogen) atoms. The lowest BCUT2D eigenvalue weighted by molar-refractivity contribution is -0.148. The lowest BCUT2D eigenvalue weighted by atomic mass is 9.79. The molecular weight excluding hydrogens is 388 g/mol. The van der Waals surface area contributed by atoms with Crippen LogP contribution in [0.4, 0.5) is 10.5 Å². The summed E-state index contributed by atoms with van der Waals surface area (Å²) in [4.78, 5) is 40.5. The topological polar surface area (TPSA) is 66.9 Å². The molecule has 0 aromatic heterocycles. The van der Waals surface area contributed by atoms with E-state index in [0.717, 1.165) is 34.2 Å². The van der Waals surface area contributed by atoms with E-state index in [0.29, 0.717) is 10.8 Å². The monoisotopic (exact) mass is 416 g/mol. The normalized spacial score (nSPS) is 23.4. The van der Waals surface area contributed by atoms with Crippen molar-refractivity contribution in [2.75, 3.05) is 19.1 Å². The first-order valence-electron chi connectivity index (χ1n) is 9.71. The minimum atomic E-state index is -0.945. The summed E-state index contributed by atoms with van der Waals surface area (Å²) in [6, 6.07) is 3.33. The number of hydrogen-bond donors (Lipinski definition) is 0. The molecule has 0 saturated carbocycles. The van der Waals surface area contributed by atoms with Gasteiger partial charge >= 0.3 is 5.97 Å². The highest BCUT2D eigenvalue weighted by molar-refractivity contribution is 8.18. The molecule has 0 aliphatic carbocycles. The molecule has 1 fully saturated rings. The van der Waals surface area contributed by atoms with Gasteiger partial charge in [0.1, 0.15) is 6.04 Å². The summed E-state index contributed by atoms with van der Waals surface area (Å²) in [5, 5.41) is -0.454. The Kier molecular flexibility index (Phi) is 5.56. The van der Waals surface area contributed by atoms with Gasteiger partial charge in [0.25, 0.3) is 11.1 Å². The second-order valence-electron chi connectivity index (χ2n) is 8.50. The van der Waals surface area contributed by atoms with E-state index in [1.807, 2.05) is 6.92 Å². The van der Waals surface area contributed by atoms with Crippen LogP contribution in [0.25, 0.3) is 6.08 Å². The average Bonchev–Trinajstić information content (AvgIpc) is 2.92. The number of carbonyl (C=O) groups excluding carboxylic acids is 3. The van der Waals surface area contributed by atoms with Gasteiger partial charge in [-0.2, -0.15) is 0 Å². The van der Waals surface area contributed by atoms with Crippen LogP contribution in [0.2, 0.25) is 0 Å². The number of carbonyl (C=O) groups is 3. The molecule has 1 aromatic carbocycles. The fourth-order valence-corrected chi connectivity index (χ4v) is 5.02. The van der Waals surface area contributed by atoms with Crippen LogP contribution in [0, 0.1) is 6.92 Å². The van der Waals surface area contributed by atoms with Gasteiger partial charge in [-0.15, -0.1) is 0 Å². The highest BCUT2D eigenvalue weighted by Gasteiger charge is 2.41. The van der Waals surface area contributed by atoms with Crippen LogP contribution in [0.5, 0.6) is 0 Å². The van der Waals surface area contributed by atoms with Crippen LogP contribution in [-0.2, 0) is 14.3 Å². The van der Waals surface area contributed by atoms with Crippen molar-refractivity contribution in [2.24, 2.45) is 0 Å². The van der Waals surface area contributed by atoms with Crippen LogP contribution in [-0.4, -0.2) is 47.8 Å². The van der Waals surface area contributed by atoms with Gasteiger partial charge in [-0.25, -0.2) is 4.79 Å². The molecule has 2 amide bonds. The zero-order chi connectivity index (χ0) is 21.7. The number of esters is 1. The fraction of sp³-hybridized carbons (Fsp3) is 0.500. The third kappa shape index (κ3) is 3.68. The summed E-state index contributed by atoms with van der Waals surface area (Å²) < 4.78 is 4.68.